The van der Waals surface area contributed by atoms with Crippen molar-refractivity contribution >= 4 is 33.9 Å². The minimum Gasteiger partial charge on any atom is -0.480 e. The van der Waals surface area contributed by atoms with Crippen molar-refractivity contribution in [3.63, 3.8) is 0 Å². The standard InChI is InChI=1S/C14H26N6O7S/c15-8(7-28(25,26)27)12(22)20-6-2-4-10(20)11(21)19-9(13(23)24)3-1-5-18-14(16)17/h8-10H,1-7,15H2,(H,19,21)(H,23,24)(H4,16,17,18)(H,25,26,27)/t8-,9-,10-/m0/s1. The monoisotopic (exact) mass is 422 g/mol. The molecule has 0 radical (unpaired) electrons. The molecule has 0 aromatic heterocycles. The second-order valence-corrected chi connectivity index (χ2v) is 7.89. The molecule has 0 spiro atoms. The van der Waals surface area contributed by atoms with Crippen molar-refractivity contribution < 1.29 is 32.5 Å². The van der Waals surface area contributed by atoms with Crippen LogP contribution >= 0.6 is 0 Å². The van der Waals surface area contributed by atoms with Gasteiger partial charge in [0.25, 0.3) is 10.1 Å². The predicted octanol–water partition coefficient (Wildman–Crippen LogP) is -3.18. The van der Waals surface area contributed by atoms with E-state index in [9.17, 15) is 27.9 Å². The molecular weight excluding hydrogens is 396 g/mol. The van der Waals surface area contributed by atoms with Crippen LogP contribution in [0.4, 0.5) is 0 Å². The molecule has 0 aliphatic carbocycles. The molecule has 14 heteroatoms. The van der Waals surface area contributed by atoms with Crippen LogP contribution in [0.5, 0.6) is 0 Å². The Labute approximate surface area is 162 Å². The van der Waals surface area contributed by atoms with Crippen molar-refractivity contribution in [2.45, 2.75) is 43.8 Å². The van der Waals surface area contributed by atoms with Gasteiger partial charge in [-0.05, 0) is 25.7 Å². The van der Waals surface area contributed by atoms with Gasteiger partial charge in [-0.2, -0.15) is 8.42 Å². The van der Waals surface area contributed by atoms with Crippen LogP contribution in [0.15, 0.2) is 4.99 Å². The van der Waals surface area contributed by atoms with Crippen LogP contribution < -0.4 is 22.5 Å². The topological polar surface area (TPSA) is 231 Å². The lowest BCUT2D eigenvalue weighted by molar-refractivity contribution is -0.144. The molecule has 0 aromatic rings. The number of aliphatic imine (C=N–C) groups is 1. The van der Waals surface area contributed by atoms with Crippen molar-refractivity contribution in [1.29, 1.82) is 0 Å². The van der Waals surface area contributed by atoms with Crippen molar-refractivity contribution in [2.24, 2.45) is 22.2 Å². The highest BCUT2D eigenvalue weighted by molar-refractivity contribution is 7.85. The lowest BCUT2D eigenvalue weighted by Gasteiger charge is -2.27. The van der Waals surface area contributed by atoms with Crippen LogP contribution in [0.3, 0.4) is 0 Å². The van der Waals surface area contributed by atoms with E-state index in [4.69, 9.17) is 21.8 Å². The maximum atomic E-state index is 12.5. The molecule has 0 unspecified atom stereocenters. The predicted molar refractivity (Wildman–Crippen MR) is 98.6 cm³/mol. The molecular formula is C14H26N6O7S. The summed E-state index contributed by atoms with van der Waals surface area (Å²) < 4.78 is 30.6. The molecule has 1 aliphatic rings. The van der Waals surface area contributed by atoms with Gasteiger partial charge in [-0.15, -0.1) is 0 Å². The summed E-state index contributed by atoms with van der Waals surface area (Å²) in [5.74, 6) is -3.84. The SMILES string of the molecule is NC(N)=NCCC[C@H](NC(=O)[C@@H]1CCCN1C(=O)[C@@H](N)CS(=O)(=O)O)C(=O)O. The molecule has 0 aromatic carbocycles. The lowest BCUT2D eigenvalue weighted by atomic mass is 10.1. The smallest absolute Gasteiger partial charge is 0.326 e. The fraction of sp³-hybridized carbons (Fsp3) is 0.714. The summed E-state index contributed by atoms with van der Waals surface area (Å²) in [7, 11) is -4.46. The third kappa shape index (κ3) is 7.66. The normalized spacial score (nSPS) is 18.9. The van der Waals surface area contributed by atoms with E-state index in [1.165, 1.54) is 0 Å². The molecule has 2 amide bonds. The number of nitrogens with two attached hydrogens (primary N) is 3. The van der Waals surface area contributed by atoms with Gasteiger partial charge in [-0.1, -0.05) is 0 Å². The van der Waals surface area contributed by atoms with Gasteiger partial charge in [0.1, 0.15) is 18.1 Å². The number of nitrogens with zero attached hydrogens (tertiary/aromatic N) is 2. The Morgan fingerprint density at radius 1 is 1.29 bits per heavy atom. The van der Waals surface area contributed by atoms with Crippen molar-refractivity contribution in [1.82, 2.24) is 10.2 Å². The third-order valence-electron chi connectivity index (χ3n) is 4.11. The number of carbonyl (C=O) groups is 3. The number of carbonyl (C=O) groups excluding carboxylic acids is 2. The Hall–Kier alpha value is -2.45. The Kier molecular flexibility index (Phi) is 8.59. The van der Waals surface area contributed by atoms with Crippen LogP contribution in [0.2, 0.25) is 0 Å². The van der Waals surface area contributed by atoms with E-state index in [0.29, 0.717) is 12.8 Å². The number of amides is 2. The van der Waals surface area contributed by atoms with Gasteiger partial charge in [-0.25, -0.2) is 4.79 Å². The third-order valence-corrected chi connectivity index (χ3v) is 4.89. The van der Waals surface area contributed by atoms with Gasteiger partial charge in [0.05, 0.1) is 5.75 Å². The maximum absolute atomic E-state index is 12.5. The van der Waals surface area contributed by atoms with E-state index in [0.717, 1.165) is 4.90 Å². The quantitative estimate of drug-likeness (QED) is 0.0893. The summed E-state index contributed by atoms with van der Waals surface area (Å²) in [6.07, 6.45) is 1.11. The molecule has 9 N–H and O–H groups in total. The number of nitrogens with one attached hydrogen (secondary N) is 1. The highest BCUT2D eigenvalue weighted by Crippen LogP contribution is 2.19. The minimum atomic E-state index is -4.46. The van der Waals surface area contributed by atoms with E-state index in [1.807, 2.05) is 0 Å². The Bertz CT molecular complexity index is 722. The first-order valence-electron chi connectivity index (χ1n) is 8.52. The van der Waals surface area contributed by atoms with Gasteiger partial charge < -0.3 is 32.5 Å². The number of rotatable bonds is 10. The summed E-state index contributed by atoms with van der Waals surface area (Å²) in [6, 6.07) is -3.71. The van der Waals surface area contributed by atoms with Crippen LogP contribution in [-0.4, -0.2) is 83.7 Å². The molecule has 1 aliphatic heterocycles. The molecule has 1 heterocycles. The summed E-state index contributed by atoms with van der Waals surface area (Å²) in [5.41, 5.74) is 15.9. The zero-order valence-electron chi connectivity index (χ0n) is 15.2. The largest absolute Gasteiger partial charge is 0.480 e. The van der Waals surface area contributed by atoms with E-state index in [1.54, 1.807) is 0 Å². The zero-order chi connectivity index (χ0) is 21.5. The van der Waals surface area contributed by atoms with Gasteiger partial charge in [0, 0.05) is 13.1 Å². The lowest BCUT2D eigenvalue weighted by Crippen LogP contribution is -2.55. The molecule has 0 saturated carbocycles. The molecule has 0 bridgehead atoms. The number of hydrogen-bond donors (Lipinski definition) is 6. The molecule has 1 saturated heterocycles. The van der Waals surface area contributed by atoms with Crippen molar-refractivity contribution in [3.8, 4) is 0 Å². The van der Waals surface area contributed by atoms with Crippen molar-refractivity contribution in [2.75, 3.05) is 18.8 Å². The number of hydrogen-bond acceptors (Lipinski definition) is 7. The van der Waals surface area contributed by atoms with Crippen LogP contribution in [0.1, 0.15) is 25.7 Å². The number of guanidine groups is 1. The van der Waals surface area contributed by atoms with E-state index >= 15 is 0 Å². The summed E-state index contributed by atoms with van der Waals surface area (Å²) in [5, 5.41) is 11.6. The van der Waals surface area contributed by atoms with E-state index < -0.39 is 51.8 Å². The van der Waals surface area contributed by atoms with E-state index in [2.05, 4.69) is 10.3 Å². The minimum absolute atomic E-state index is 0.0702. The fourth-order valence-electron chi connectivity index (χ4n) is 2.84. The summed E-state index contributed by atoms with van der Waals surface area (Å²) in [6.45, 7) is 0.360. The van der Waals surface area contributed by atoms with Gasteiger partial charge in [0.15, 0.2) is 5.96 Å². The van der Waals surface area contributed by atoms with Gasteiger partial charge >= 0.3 is 5.97 Å². The number of likely N-dealkylation sites (tertiary alicyclic amines) is 1. The number of aliphatic carboxylic acids is 1. The van der Waals surface area contributed by atoms with Crippen molar-refractivity contribution in [3.05, 3.63) is 0 Å². The molecule has 160 valence electrons. The number of carboxylic acids is 1. The molecule has 1 rings (SSSR count). The first-order valence-corrected chi connectivity index (χ1v) is 10.1. The fourth-order valence-corrected chi connectivity index (χ4v) is 3.44. The molecule has 13 nitrogen and oxygen atoms in total. The van der Waals surface area contributed by atoms with E-state index in [-0.39, 0.29) is 31.9 Å². The second-order valence-electron chi connectivity index (χ2n) is 6.39. The van der Waals surface area contributed by atoms with Crippen LogP contribution in [0.25, 0.3) is 0 Å². The highest BCUT2D eigenvalue weighted by atomic mass is 32.2. The average molecular weight is 422 g/mol. The maximum Gasteiger partial charge on any atom is 0.326 e. The zero-order valence-corrected chi connectivity index (χ0v) is 16.0. The van der Waals surface area contributed by atoms with Gasteiger partial charge in [-0.3, -0.25) is 19.1 Å². The van der Waals surface area contributed by atoms with Crippen LogP contribution in [0, 0.1) is 0 Å². The number of carboxylic acid groups (broad SMARTS) is 1. The molecule has 3 atom stereocenters. The Morgan fingerprint density at radius 3 is 2.46 bits per heavy atom. The Morgan fingerprint density at radius 2 is 1.93 bits per heavy atom. The first-order chi connectivity index (χ1) is 12.9. The average Bonchev–Trinajstić information content (AvgIpc) is 3.04. The van der Waals surface area contributed by atoms with Crippen LogP contribution in [-0.2, 0) is 24.5 Å². The molecule has 1 fully saturated rings. The highest BCUT2D eigenvalue weighted by Gasteiger charge is 2.38. The first kappa shape index (κ1) is 23.6. The summed E-state index contributed by atoms with van der Waals surface area (Å²) in [4.78, 5) is 41.0. The second kappa shape index (κ2) is 10.2. The summed E-state index contributed by atoms with van der Waals surface area (Å²) >= 11 is 0. The molecule has 28 heavy (non-hydrogen) atoms. The Balaban J connectivity index is 2.72. The van der Waals surface area contributed by atoms with Gasteiger partial charge in [0.2, 0.25) is 11.8 Å².